The Hall–Kier alpha value is -3.73. The van der Waals surface area contributed by atoms with Gasteiger partial charge in [0.15, 0.2) is 5.78 Å². The number of pyridine rings is 1. The molecule has 0 spiro atoms. The zero-order valence-electron chi connectivity index (χ0n) is 14.5. The number of carbonyl (C=O) groups excluding carboxylic acids is 1. The lowest BCUT2D eigenvalue weighted by Crippen LogP contribution is -2.06. The van der Waals surface area contributed by atoms with E-state index in [4.69, 9.17) is 4.42 Å². The summed E-state index contributed by atoms with van der Waals surface area (Å²) in [5, 5.41) is 10.7. The average molecular weight is 357 g/mol. The first-order valence-corrected chi connectivity index (χ1v) is 8.36. The lowest BCUT2D eigenvalue weighted by Gasteiger charge is -2.06. The van der Waals surface area contributed by atoms with E-state index in [1.54, 1.807) is 42.5 Å². The third kappa shape index (κ3) is 3.11. The molecule has 0 bridgehead atoms. The molecular formula is C22H15NO4. The Labute approximate surface area is 154 Å². The molecule has 0 aliphatic carbocycles. The predicted molar refractivity (Wildman–Crippen MR) is 102 cm³/mol. The van der Waals surface area contributed by atoms with Gasteiger partial charge in [-0.25, -0.2) is 4.79 Å². The molecule has 5 heteroatoms. The van der Waals surface area contributed by atoms with Crippen LogP contribution in [-0.2, 0) is 0 Å². The van der Waals surface area contributed by atoms with Crippen molar-refractivity contribution >= 4 is 16.8 Å². The van der Waals surface area contributed by atoms with Gasteiger partial charge >= 0.3 is 5.63 Å². The Morgan fingerprint density at radius 1 is 1.04 bits per heavy atom. The zero-order chi connectivity index (χ0) is 19.0. The fraction of sp³-hybridized carbons (Fsp3) is 0.0455. The van der Waals surface area contributed by atoms with E-state index in [-0.39, 0.29) is 17.1 Å². The van der Waals surface area contributed by atoms with Crippen LogP contribution in [-0.4, -0.2) is 15.9 Å². The van der Waals surface area contributed by atoms with E-state index in [0.29, 0.717) is 22.4 Å². The fourth-order valence-corrected chi connectivity index (χ4v) is 2.92. The fourth-order valence-electron chi connectivity index (χ4n) is 2.92. The molecule has 0 fully saturated rings. The number of aromatic nitrogens is 1. The van der Waals surface area contributed by atoms with E-state index >= 15 is 0 Å². The number of nitrogens with zero attached hydrogens (tertiary/aromatic N) is 1. The number of phenols is 1. The summed E-state index contributed by atoms with van der Waals surface area (Å²) in [6, 6.07) is 17.0. The normalized spacial score (nSPS) is 10.9. The second-order valence-electron chi connectivity index (χ2n) is 6.27. The predicted octanol–water partition coefficient (Wildman–Crippen LogP) is 4.10. The van der Waals surface area contributed by atoms with E-state index < -0.39 is 5.63 Å². The van der Waals surface area contributed by atoms with Gasteiger partial charge in [-0.15, -0.1) is 0 Å². The third-order valence-corrected chi connectivity index (χ3v) is 4.34. The minimum absolute atomic E-state index is 0.0788. The first-order chi connectivity index (χ1) is 13.0. The monoisotopic (exact) mass is 357 g/mol. The maximum Gasteiger partial charge on any atom is 0.345 e. The van der Waals surface area contributed by atoms with Gasteiger partial charge in [0.25, 0.3) is 0 Å². The first-order valence-electron chi connectivity index (χ1n) is 8.36. The number of ketones is 1. The van der Waals surface area contributed by atoms with Gasteiger partial charge in [-0.1, -0.05) is 29.8 Å². The molecule has 5 nitrogen and oxygen atoms in total. The standard InChI is InChI=1S/C22H15NO4/c1-13-6-9-19(24)17(10-13)21(25)15-7-8-18(23-12-15)16-11-14-4-2-3-5-20(14)27-22(16)26/h2-12,24H,1H3. The molecule has 4 aromatic rings. The SMILES string of the molecule is Cc1ccc(O)c(C(=O)c2ccc(-c3cc4ccccc4oc3=O)nc2)c1. The van der Waals surface area contributed by atoms with Crippen LogP contribution in [0.4, 0.5) is 0 Å². The summed E-state index contributed by atoms with van der Waals surface area (Å²) in [5.74, 6) is -0.411. The van der Waals surface area contributed by atoms with Gasteiger partial charge in [0.1, 0.15) is 11.3 Å². The summed E-state index contributed by atoms with van der Waals surface area (Å²) in [6.07, 6.45) is 1.40. The van der Waals surface area contributed by atoms with Crippen LogP contribution < -0.4 is 5.63 Å². The number of phenolic OH excluding ortho intramolecular Hbond substituents is 1. The van der Waals surface area contributed by atoms with Crippen molar-refractivity contribution in [3.63, 3.8) is 0 Å². The summed E-state index contributed by atoms with van der Waals surface area (Å²) in [7, 11) is 0. The molecule has 2 aromatic heterocycles. The topological polar surface area (TPSA) is 80.4 Å². The molecular weight excluding hydrogens is 342 g/mol. The summed E-state index contributed by atoms with van der Waals surface area (Å²) < 4.78 is 5.33. The quantitative estimate of drug-likeness (QED) is 0.441. The average Bonchev–Trinajstić information content (AvgIpc) is 2.69. The smallest absolute Gasteiger partial charge is 0.345 e. The van der Waals surface area contributed by atoms with Crippen LogP contribution in [0.2, 0.25) is 0 Å². The highest BCUT2D eigenvalue weighted by Crippen LogP contribution is 2.23. The second kappa shape index (κ2) is 6.53. The van der Waals surface area contributed by atoms with E-state index in [1.165, 1.54) is 12.3 Å². The Bertz CT molecular complexity index is 1220. The van der Waals surface area contributed by atoms with E-state index in [1.807, 2.05) is 19.1 Å². The van der Waals surface area contributed by atoms with E-state index in [0.717, 1.165) is 10.9 Å². The van der Waals surface area contributed by atoms with Crippen molar-refractivity contribution in [1.29, 1.82) is 0 Å². The van der Waals surface area contributed by atoms with Gasteiger partial charge in [-0.05, 0) is 43.3 Å². The minimum atomic E-state index is -0.489. The van der Waals surface area contributed by atoms with E-state index in [9.17, 15) is 14.7 Å². The van der Waals surface area contributed by atoms with Crippen LogP contribution in [0, 0.1) is 6.92 Å². The Kier molecular flexibility index (Phi) is 4.05. The van der Waals surface area contributed by atoms with Gasteiger partial charge in [-0.2, -0.15) is 0 Å². The van der Waals surface area contributed by atoms with Gasteiger partial charge < -0.3 is 9.52 Å². The Balaban J connectivity index is 1.72. The number of aromatic hydroxyl groups is 1. The largest absolute Gasteiger partial charge is 0.507 e. The van der Waals surface area contributed by atoms with Crippen molar-refractivity contribution in [3.8, 4) is 17.0 Å². The van der Waals surface area contributed by atoms with Crippen molar-refractivity contribution in [1.82, 2.24) is 4.98 Å². The molecule has 0 saturated carbocycles. The molecule has 1 N–H and O–H groups in total. The molecule has 2 heterocycles. The first kappa shape index (κ1) is 16.7. The van der Waals surface area contributed by atoms with Gasteiger partial charge in [0, 0.05) is 17.1 Å². The molecule has 4 rings (SSSR count). The van der Waals surface area contributed by atoms with Crippen molar-refractivity contribution < 1.29 is 14.3 Å². The summed E-state index contributed by atoms with van der Waals surface area (Å²) in [5.41, 5.74) is 2.17. The van der Waals surface area contributed by atoms with Crippen molar-refractivity contribution in [2.24, 2.45) is 0 Å². The lowest BCUT2D eigenvalue weighted by atomic mass is 10.0. The molecule has 0 saturated heterocycles. The van der Waals surface area contributed by atoms with Crippen LogP contribution in [0.5, 0.6) is 5.75 Å². The number of rotatable bonds is 3. The summed E-state index contributed by atoms with van der Waals surface area (Å²) in [4.78, 5) is 29.1. The van der Waals surface area contributed by atoms with Crippen LogP contribution in [0.1, 0.15) is 21.5 Å². The number of aryl methyl sites for hydroxylation is 1. The molecule has 0 aliphatic heterocycles. The molecule has 0 radical (unpaired) electrons. The van der Waals surface area contributed by atoms with Crippen LogP contribution in [0.25, 0.3) is 22.2 Å². The molecule has 0 aliphatic rings. The van der Waals surface area contributed by atoms with Gasteiger partial charge in [0.05, 0.1) is 16.8 Å². The third-order valence-electron chi connectivity index (χ3n) is 4.34. The highest BCUT2D eigenvalue weighted by Gasteiger charge is 2.15. The van der Waals surface area contributed by atoms with Crippen LogP contribution in [0.3, 0.4) is 0 Å². The highest BCUT2D eigenvalue weighted by molar-refractivity contribution is 6.10. The number of para-hydroxylation sites is 1. The molecule has 0 amide bonds. The number of carbonyl (C=O) groups is 1. The Morgan fingerprint density at radius 3 is 2.63 bits per heavy atom. The lowest BCUT2D eigenvalue weighted by molar-refractivity contribution is 0.103. The maximum atomic E-state index is 12.6. The number of fused-ring (bicyclic) bond motifs is 1. The van der Waals surface area contributed by atoms with Crippen LogP contribution in [0.15, 0.2) is 76.1 Å². The molecule has 0 unspecified atom stereocenters. The van der Waals surface area contributed by atoms with Crippen molar-refractivity contribution in [3.05, 3.63) is 94.0 Å². The molecule has 27 heavy (non-hydrogen) atoms. The van der Waals surface area contributed by atoms with Crippen molar-refractivity contribution in [2.45, 2.75) is 6.92 Å². The van der Waals surface area contributed by atoms with Gasteiger partial charge in [-0.3, -0.25) is 9.78 Å². The second-order valence-corrected chi connectivity index (χ2v) is 6.27. The summed E-state index contributed by atoms with van der Waals surface area (Å²) >= 11 is 0. The molecule has 2 aromatic carbocycles. The zero-order valence-corrected chi connectivity index (χ0v) is 14.5. The highest BCUT2D eigenvalue weighted by atomic mass is 16.4. The summed E-state index contributed by atoms with van der Waals surface area (Å²) in [6.45, 7) is 1.84. The van der Waals surface area contributed by atoms with Crippen molar-refractivity contribution in [2.75, 3.05) is 0 Å². The van der Waals surface area contributed by atoms with E-state index in [2.05, 4.69) is 4.98 Å². The molecule has 132 valence electrons. The number of hydrogen-bond donors (Lipinski definition) is 1. The maximum absolute atomic E-state index is 12.6. The van der Waals surface area contributed by atoms with Gasteiger partial charge in [0.2, 0.25) is 0 Å². The molecule has 0 atom stereocenters. The minimum Gasteiger partial charge on any atom is -0.507 e. The number of benzene rings is 2. The van der Waals surface area contributed by atoms with Crippen LogP contribution >= 0.6 is 0 Å². The Morgan fingerprint density at radius 2 is 1.85 bits per heavy atom. The number of hydrogen-bond acceptors (Lipinski definition) is 5.